The zero-order valence-electron chi connectivity index (χ0n) is 8.80. The summed E-state index contributed by atoms with van der Waals surface area (Å²) >= 11 is 3.06. The highest BCUT2D eigenvalue weighted by Crippen LogP contribution is 2.20. The monoisotopic (exact) mass is 288 g/mol. The molecule has 0 radical (unpaired) electrons. The largest absolute Gasteiger partial charge is 0.330 e. The number of carbonyl (C=O) groups is 1. The number of unbranched alkanes of at least 4 members (excludes halogenated alkanes) is 1. The van der Waals surface area contributed by atoms with Crippen LogP contribution in [0.15, 0.2) is 22.7 Å². The highest BCUT2D eigenvalue weighted by atomic mass is 79.9. The number of rotatable bonds is 5. The first-order valence-corrected chi connectivity index (χ1v) is 5.87. The second-order valence-electron chi connectivity index (χ2n) is 3.42. The Morgan fingerprint density at radius 2 is 2.19 bits per heavy atom. The van der Waals surface area contributed by atoms with Crippen molar-refractivity contribution in [2.75, 3.05) is 11.9 Å². The van der Waals surface area contributed by atoms with Crippen LogP contribution in [0.1, 0.15) is 19.3 Å². The van der Waals surface area contributed by atoms with Gasteiger partial charge in [-0.15, -0.1) is 0 Å². The van der Waals surface area contributed by atoms with Gasteiger partial charge in [0.2, 0.25) is 5.91 Å². The van der Waals surface area contributed by atoms with E-state index in [1.54, 1.807) is 0 Å². The average Bonchev–Trinajstić information content (AvgIpc) is 2.24. The maximum atomic E-state index is 12.9. The van der Waals surface area contributed by atoms with Crippen molar-refractivity contribution in [1.82, 2.24) is 0 Å². The normalized spacial score (nSPS) is 10.2. The Bertz CT molecular complexity index is 371. The highest BCUT2D eigenvalue weighted by Gasteiger charge is 2.04. The molecule has 16 heavy (non-hydrogen) atoms. The summed E-state index contributed by atoms with van der Waals surface area (Å²) in [7, 11) is 0. The predicted octanol–water partition coefficient (Wildman–Crippen LogP) is 2.66. The molecular formula is C11H14BrFN2O. The van der Waals surface area contributed by atoms with E-state index in [0.717, 1.165) is 12.8 Å². The summed E-state index contributed by atoms with van der Waals surface area (Å²) in [5.41, 5.74) is 5.91. The van der Waals surface area contributed by atoms with Crippen LogP contribution in [0.2, 0.25) is 0 Å². The molecule has 0 atom stereocenters. The van der Waals surface area contributed by atoms with Gasteiger partial charge in [-0.1, -0.05) is 0 Å². The molecule has 0 saturated heterocycles. The Labute approximate surface area is 102 Å². The second kappa shape index (κ2) is 6.60. The summed E-state index contributed by atoms with van der Waals surface area (Å²) in [4.78, 5) is 11.4. The van der Waals surface area contributed by atoms with Crippen LogP contribution in [-0.4, -0.2) is 12.5 Å². The molecule has 0 bridgehead atoms. The quantitative estimate of drug-likeness (QED) is 0.819. The van der Waals surface area contributed by atoms with Crippen molar-refractivity contribution in [2.45, 2.75) is 19.3 Å². The van der Waals surface area contributed by atoms with Crippen molar-refractivity contribution in [3.8, 4) is 0 Å². The third-order valence-electron chi connectivity index (χ3n) is 2.06. The average molecular weight is 289 g/mol. The minimum Gasteiger partial charge on any atom is -0.330 e. The zero-order chi connectivity index (χ0) is 12.0. The summed E-state index contributed by atoms with van der Waals surface area (Å²) in [5, 5.41) is 2.69. The molecule has 0 aliphatic carbocycles. The van der Waals surface area contributed by atoms with Crippen molar-refractivity contribution in [3.05, 3.63) is 28.5 Å². The first kappa shape index (κ1) is 13.1. The lowest BCUT2D eigenvalue weighted by Gasteiger charge is -2.05. The van der Waals surface area contributed by atoms with Crippen molar-refractivity contribution >= 4 is 27.5 Å². The van der Waals surface area contributed by atoms with Crippen LogP contribution in [0.3, 0.4) is 0 Å². The molecule has 1 amide bonds. The van der Waals surface area contributed by atoms with Gasteiger partial charge in [0, 0.05) is 12.1 Å². The Morgan fingerprint density at radius 3 is 2.81 bits per heavy atom. The van der Waals surface area contributed by atoms with Gasteiger partial charge >= 0.3 is 0 Å². The molecule has 0 spiro atoms. The van der Waals surface area contributed by atoms with Crippen molar-refractivity contribution < 1.29 is 9.18 Å². The molecule has 1 rings (SSSR count). The standard InChI is InChI=1S/C11H14BrFN2O/c12-9-7-8(4-5-10(9)13)15-11(16)3-1-2-6-14/h4-5,7H,1-3,6,14H2,(H,15,16). The molecule has 0 heterocycles. The molecule has 0 fully saturated rings. The lowest BCUT2D eigenvalue weighted by molar-refractivity contribution is -0.116. The summed E-state index contributed by atoms with van der Waals surface area (Å²) in [5.74, 6) is -0.423. The number of halogens is 2. The Morgan fingerprint density at radius 1 is 1.44 bits per heavy atom. The minimum atomic E-state index is -0.346. The van der Waals surface area contributed by atoms with Crippen molar-refractivity contribution in [2.24, 2.45) is 5.73 Å². The number of amides is 1. The molecule has 0 unspecified atom stereocenters. The van der Waals surface area contributed by atoms with Crippen LogP contribution in [0.4, 0.5) is 10.1 Å². The maximum Gasteiger partial charge on any atom is 0.224 e. The molecule has 0 saturated carbocycles. The number of hydrogen-bond donors (Lipinski definition) is 2. The van der Waals surface area contributed by atoms with Crippen LogP contribution in [0, 0.1) is 5.82 Å². The van der Waals surface area contributed by atoms with Crippen LogP contribution in [0.25, 0.3) is 0 Å². The van der Waals surface area contributed by atoms with Gasteiger partial charge in [0.05, 0.1) is 4.47 Å². The van der Waals surface area contributed by atoms with E-state index in [1.807, 2.05) is 0 Å². The van der Waals surface area contributed by atoms with Gasteiger partial charge in [-0.05, 0) is 53.5 Å². The van der Waals surface area contributed by atoms with Gasteiger partial charge in [-0.3, -0.25) is 4.79 Å². The van der Waals surface area contributed by atoms with Gasteiger partial charge < -0.3 is 11.1 Å². The number of anilines is 1. The summed E-state index contributed by atoms with van der Waals surface area (Å²) < 4.78 is 13.3. The van der Waals surface area contributed by atoms with E-state index >= 15 is 0 Å². The molecule has 5 heteroatoms. The van der Waals surface area contributed by atoms with E-state index in [2.05, 4.69) is 21.2 Å². The van der Waals surface area contributed by atoms with Crippen molar-refractivity contribution in [3.63, 3.8) is 0 Å². The summed E-state index contributed by atoms with van der Waals surface area (Å²) in [6, 6.07) is 4.37. The molecule has 3 N–H and O–H groups in total. The smallest absolute Gasteiger partial charge is 0.224 e. The zero-order valence-corrected chi connectivity index (χ0v) is 10.4. The fraction of sp³-hybridized carbons (Fsp3) is 0.364. The molecule has 0 aliphatic rings. The van der Waals surface area contributed by atoms with Gasteiger partial charge in [0.1, 0.15) is 5.82 Å². The van der Waals surface area contributed by atoms with Crippen LogP contribution < -0.4 is 11.1 Å². The van der Waals surface area contributed by atoms with Gasteiger partial charge in [-0.2, -0.15) is 0 Å². The van der Waals surface area contributed by atoms with Crippen LogP contribution in [-0.2, 0) is 4.79 Å². The number of hydrogen-bond acceptors (Lipinski definition) is 2. The number of carbonyl (C=O) groups excluding carboxylic acids is 1. The van der Waals surface area contributed by atoms with Gasteiger partial charge in [-0.25, -0.2) is 4.39 Å². The number of nitrogens with one attached hydrogen (secondary N) is 1. The predicted molar refractivity (Wildman–Crippen MR) is 65.6 cm³/mol. The summed E-state index contributed by atoms with van der Waals surface area (Å²) in [6.45, 7) is 0.593. The van der Waals surface area contributed by atoms with E-state index in [0.29, 0.717) is 23.1 Å². The molecule has 0 aliphatic heterocycles. The van der Waals surface area contributed by atoms with E-state index < -0.39 is 0 Å². The molecule has 3 nitrogen and oxygen atoms in total. The number of benzene rings is 1. The highest BCUT2D eigenvalue weighted by molar-refractivity contribution is 9.10. The third kappa shape index (κ3) is 4.28. The molecule has 1 aromatic rings. The molecule has 88 valence electrons. The molecular weight excluding hydrogens is 275 g/mol. The second-order valence-corrected chi connectivity index (χ2v) is 4.28. The summed E-state index contributed by atoms with van der Waals surface area (Å²) in [6.07, 6.45) is 2.04. The lowest BCUT2D eigenvalue weighted by Crippen LogP contribution is -2.12. The number of nitrogens with two attached hydrogens (primary N) is 1. The topological polar surface area (TPSA) is 55.1 Å². The Hall–Kier alpha value is -0.940. The Kier molecular flexibility index (Phi) is 5.42. The Balaban J connectivity index is 2.46. The van der Waals surface area contributed by atoms with E-state index in [-0.39, 0.29) is 11.7 Å². The fourth-order valence-electron chi connectivity index (χ4n) is 1.23. The van der Waals surface area contributed by atoms with Crippen molar-refractivity contribution in [1.29, 1.82) is 0 Å². The SMILES string of the molecule is NCCCCC(=O)Nc1ccc(F)c(Br)c1. The molecule has 0 aromatic heterocycles. The lowest BCUT2D eigenvalue weighted by atomic mass is 10.2. The van der Waals surface area contributed by atoms with Crippen LogP contribution >= 0.6 is 15.9 Å². The third-order valence-corrected chi connectivity index (χ3v) is 2.67. The van der Waals surface area contributed by atoms with Crippen LogP contribution in [0.5, 0.6) is 0 Å². The van der Waals surface area contributed by atoms with Gasteiger partial charge in [0.15, 0.2) is 0 Å². The fourth-order valence-corrected chi connectivity index (χ4v) is 1.61. The van der Waals surface area contributed by atoms with E-state index in [9.17, 15) is 9.18 Å². The first-order valence-electron chi connectivity index (χ1n) is 5.08. The molecule has 1 aromatic carbocycles. The minimum absolute atomic E-state index is 0.0769. The maximum absolute atomic E-state index is 12.9. The van der Waals surface area contributed by atoms with E-state index in [4.69, 9.17) is 5.73 Å². The van der Waals surface area contributed by atoms with Gasteiger partial charge in [0.25, 0.3) is 0 Å². The first-order chi connectivity index (χ1) is 7.63. The van der Waals surface area contributed by atoms with E-state index in [1.165, 1.54) is 18.2 Å².